The number of anilines is 1. The summed E-state index contributed by atoms with van der Waals surface area (Å²) in [7, 11) is 0. The van der Waals surface area contributed by atoms with Gasteiger partial charge in [-0.25, -0.2) is 0 Å². The Labute approximate surface area is 101 Å². The summed E-state index contributed by atoms with van der Waals surface area (Å²) in [5.74, 6) is 0. The van der Waals surface area contributed by atoms with Crippen molar-refractivity contribution in [1.29, 1.82) is 0 Å². The van der Waals surface area contributed by atoms with Crippen molar-refractivity contribution in [3.8, 4) is 0 Å². The molecule has 0 aromatic heterocycles. The quantitative estimate of drug-likeness (QED) is 0.641. The minimum absolute atomic E-state index is 0. The first-order valence-electron chi connectivity index (χ1n) is 5.00. The minimum Gasteiger partial charge on any atom is -0.399 e. The number of nitrogens with two attached hydrogens (primary N) is 1. The number of rotatable bonds is 1. The highest BCUT2D eigenvalue weighted by molar-refractivity contribution is 5.85. The van der Waals surface area contributed by atoms with Gasteiger partial charge in [0.25, 0.3) is 0 Å². The third-order valence-electron chi connectivity index (χ3n) is 2.68. The van der Waals surface area contributed by atoms with Crippen LogP contribution in [0.3, 0.4) is 0 Å². The molecule has 0 amide bonds. The molecule has 1 heterocycles. The highest BCUT2D eigenvalue weighted by Crippen LogP contribution is 2.25. The van der Waals surface area contributed by atoms with Gasteiger partial charge in [-0.2, -0.15) is 0 Å². The molecule has 1 aliphatic heterocycles. The van der Waals surface area contributed by atoms with E-state index in [0.29, 0.717) is 13.2 Å². The van der Waals surface area contributed by atoms with Crippen LogP contribution in [-0.2, 0) is 10.3 Å². The van der Waals surface area contributed by atoms with Gasteiger partial charge >= 0.3 is 0 Å². The molecular weight excluding hydrogens is 228 g/mol. The second-order valence-corrected chi connectivity index (χ2v) is 4.13. The van der Waals surface area contributed by atoms with Crippen LogP contribution in [0.2, 0.25) is 0 Å². The molecule has 4 nitrogen and oxygen atoms in total. The Balaban J connectivity index is 0.00000128. The predicted molar refractivity (Wildman–Crippen MR) is 65.4 cm³/mol. The van der Waals surface area contributed by atoms with Crippen molar-refractivity contribution in [3.05, 3.63) is 29.8 Å². The summed E-state index contributed by atoms with van der Waals surface area (Å²) < 4.78 is 5.34. The van der Waals surface area contributed by atoms with E-state index in [1.807, 2.05) is 31.2 Å². The number of ether oxygens (including phenoxy) is 1. The highest BCUT2D eigenvalue weighted by Gasteiger charge is 2.32. The summed E-state index contributed by atoms with van der Waals surface area (Å²) in [6, 6.07) is 7.62. The number of hydrogen-bond acceptors (Lipinski definition) is 4. The fraction of sp³-hybridized carbons (Fsp3) is 0.455. The first-order valence-corrected chi connectivity index (χ1v) is 5.00. The third-order valence-corrected chi connectivity index (χ3v) is 2.68. The lowest BCUT2D eigenvalue weighted by Crippen LogP contribution is -2.55. The minimum atomic E-state index is -0.620. The molecule has 1 aromatic carbocycles. The number of benzene rings is 1. The van der Waals surface area contributed by atoms with Gasteiger partial charge in [0.15, 0.2) is 0 Å². The molecule has 1 saturated heterocycles. The largest absolute Gasteiger partial charge is 0.399 e. The van der Waals surface area contributed by atoms with Crippen molar-refractivity contribution in [2.24, 2.45) is 0 Å². The van der Waals surface area contributed by atoms with Gasteiger partial charge < -0.3 is 15.6 Å². The fourth-order valence-electron chi connectivity index (χ4n) is 1.87. The third kappa shape index (κ3) is 2.65. The van der Waals surface area contributed by atoms with E-state index >= 15 is 0 Å². The topological polar surface area (TPSA) is 67.5 Å². The fourth-order valence-corrected chi connectivity index (χ4v) is 1.87. The normalized spacial score (nSPS) is 29.5. The van der Waals surface area contributed by atoms with Crippen LogP contribution in [-0.4, -0.2) is 24.5 Å². The van der Waals surface area contributed by atoms with E-state index in [1.54, 1.807) is 0 Å². The van der Waals surface area contributed by atoms with Crippen LogP contribution in [0.15, 0.2) is 24.3 Å². The second-order valence-electron chi connectivity index (χ2n) is 4.13. The predicted octanol–water partition coefficient (Wildman–Crippen LogP) is 0.844. The lowest BCUT2D eigenvalue weighted by Gasteiger charge is -2.38. The molecule has 1 fully saturated rings. The maximum atomic E-state index is 9.51. The van der Waals surface area contributed by atoms with E-state index in [9.17, 15) is 5.11 Å². The lowest BCUT2D eigenvalue weighted by molar-refractivity contribution is -0.0707. The monoisotopic (exact) mass is 244 g/mol. The average Bonchev–Trinajstić information content (AvgIpc) is 2.17. The molecule has 0 aliphatic carbocycles. The van der Waals surface area contributed by atoms with Crippen molar-refractivity contribution in [3.63, 3.8) is 0 Å². The van der Waals surface area contributed by atoms with E-state index in [0.717, 1.165) is 11.3 Å². The Kier molecular flexibility index (Phi) is 4.15. The SMILES string of the molecule is CC1(c2cccc(N)c2)COCC(O)N1.Cl. The molecular formula is C11H17ClN2O2. The van der Waals surface area contributed by atoms with Crippen molar-refractivity contribution < 1.29 is 9.84 Å². The highest BCUT2D eigenvalue weighted by atomic mass is 35.5. The molecule has 90 valence electrons. The summed E-state index contributed by atoms with van der Waals surface area (Å²) >= 11 is 0. The van der Waals surface area contributed by atoms with Gasteiger partial charge in [0.05, 0.1) is 18.8 Å². The molecule has 16 heavy (non-hydrogen) atoms. The van der Waals surface area contributed by atoms with Gasteiger partial charge in [0.2, 0.25) is 0 Å². The number of aliphatic hydroxyl groups is 1. The molecule has 0 radical (unpaired) electrons. The van der Waals surface area contributed by atoms with Crippen LogP contribution in [0.5, 0.6) is 0 Å². The van der Waals surface area contributed by atoms with Gasteiger partial charge in [-0.15, -0.1) is 12.4 Å². The van der Waals surface area contributed by atoms with Crippen molar-refractivity contribution in [1.82, 2.24) is 5.32 Å². The summed E-state index contributed by atoms with van der Waals surface area (Å²) in [6.45, 7) is 2.86. The van der Waals surface area contributed by atoms with Gasteiger partial charge in [0, 0.05) is 5.69 Å². The van der Waals surface area contributed by atoms with Crippen molar-refractivity contribution in [2.45, 2.75) is 18.7 Å². The standard InChI is InChI=1S/C11H16N2O2.ClH/c1-11(7-15-6-10(14)13-11)8-3-2-4-9(12)5-8;/h2-5,10,13-14H,6-7,12H2,1H3;1H. The van der Waals surface area contributed by atoms with Crippen molar-refractivity contribution in [2.75, 3.05) is 18.9 Å². The van der Waals surface area contributed by atoms with Crippen LogP contribution < -0.4 is 11.1 Å². The second kappa shape index (κ2) is 5.01. The molecule has 0 bridgehead atoms. The average molecular weight is 245 g/mol. The van der Waals surface area contributed by atoms with Crippen LogP contribution in [0.1, 0.15) is 12.5 Å². The zero-order chi connectivity index (χ0) is 10.9. The summed E-state index contributed by atoms with van der Waals surface area (Å²) in [6.07, 6.45) is -0.620. The van der Waals surface area contributed by atoms with E-state index < -0.39 is 6.23 Å². The first kappa shape index (κ1) is 13.3. The van der Waals surface area contributed by atoms with Gasteiger partial charge in [-0.1, -0.05) is 12.1 Å². The molecule has 0 spiro atoms. The zero-order valence-electron chi connectivity index (χ0n) is 9.14. The number of hydrogen-bond donors (Lipinski definition) is 3. The van der Waals surface area contributed by atoms with Crippen LogP contribution >= 0.6 is 12.4 Å². The van der Waals surface area contributed by atoms with Crippen molar-refractivity contribution >= 4 is 18.1 Å². The van der Waals surface area contributed by atoms with Crippen LogP contribution in [0.4, 0.5) is 5.69 Å². The first-order chi connectivity index (χ1) is 7.10. The maximum absolute atomic E-state index is 9.51. The molecule has 2 rings (SSSR count). The Bertz CT molecular complexity index is 362. The molecule has 2 atom stereocenters. The number of aliphatic hydroxyl groups excluding tert-OH is 1. The van der Waals surface area contributed by atoms with Gasteiger partial charge in [0.1, 0.15) is 6.23 Å². The smallest absolute Gasteiger partial charge is 0.129 e. The molecule has 1 aromatic rings. The van der Waals surface area contributed by atoms with E-state index in [2.05, 4.69) is 5.32 Å². The summed E-state index contributed by atoms with van der Waals surface area (Å²) in [5, 5.41) is 12.6. The van der Waals surface area contributed by atoms with Crippen LogP contribution in [0, 0.1) is 0 Å². The maximum Gasteiger partial charge on any atom is 0.129 e. The molecule has 4 N–H and O–H groups in total. The van der Waals surface area contributed by atoms with E-state index in [4.69, 9.17) is 10.5 Å². The van der Waals surface area contributed by atoms with E-state index in [1.165, 1.54) is 0 Å². The lowest BCUT2D eigenvalue weighted by atomic mass is 9.91. The molecule has 2 unspecified atom stereocenters. The Morgan fingerprint density at radius 1 is 1.56 bits per heavy atom. The Morgan fingerprint density at radius 3 is 2.94 bits per heavy atom. The molecule has 5 heteroatoms. The summed E-state index contributed by atoms with van der Waals surface area (Å²) in [5.41, 5.74) is 7.11. The van der Waals surface area contributed by atoms with Crippen LogP contribution in [0.25, 0.3) is 0 Å². The number of halogens is 1. The number of nitrogen functional groups attached to an aromatic ring is 1. The number of morpholine rings is 1. The van der Waals surface area contributed by atoms with E-state index in [-0.39, 0.29) is 17.9 Å². The molecule has 0 saturated carbocycles. The molecule has 1 aliphatic rings. The van der Waals surface area contributed by atoms with Gasteiger partial charge in [-0.05, 0) is 24.6 Å². The summed E-state index contributed by atoms with van der Waals surface area (Å²) in [4.78, 5) is 0. The Hall–Kier alpha value is -0.810. The number of nitrogens with one attached hydrogen (secondary N) is 1. The zero-order valence-corrected chi connectivity index (χ0v) is 9.96. The Morgan fingerprint density at radius 2 is 2.31 bits per heavy atom. The van der Waals surface area contributed by atoms with Gasteiger partial charge in [-0.3, -0.25) is 5.32 Å².